The van der Waals surface area contributed by atoms with Crippen molar-refractivity contribution >= 4 is 11.3 Å². The molecule has 1 nitrogen and oxygen atoms in total. The van der Waals surface area contributed by atoms with E-state index >= 15 is 0 Å². The van der Waals surface area contributed by atoms with Crippen molar-refractivity contribution in [3.63, 3.8) is 0 Å². The highest BCUT2D eigenvalue weighted by atomic mass is 32.1. The summed E-state index contributed by atoms with van der Waals surface area (Å²) in [7, 11) is 1.95. The minimum absolute atomic E-state index is 0.0416. The molecule has 1 aliphatic rings. The molecule has 3 heteroatoms. The number of likely N-dealkylation sites (N-methyl/N-ethyl adjacent to an activating group) is 1. The Morgan fingerprint density at radius 1 is 1.54 bits per heavy atom. The number of halogens is 1. The molecular weight excluding hydrogens is 185 g/mol. The summed E-state index contributed by atoms with van der Waals surface area (Å²) < 4.78 is 13.5. The number of hydrogen-bond donors (Lipinski definition) is 1. The van der Waals surface area contributed by atoms with Crippen molar-refractivity contribution in [2.45, 2.75) is 32.2 Å². The van der Waals surface area contributed by atoms with Crippen LogP contribution in [0, 0.1) is 12.7 Å². The van der Waals surface area contributed by atoms with Crippen molar-refractivity contribution in [1.82, 2.24) is 5.32 Å². The van der Waals surface area contributed by atoms with E-state index in [1.165, 1.54) is 4.88 Å². The Hall–Kier alpha value is -0.410. The highest BCUT2D eigenvalue weighted by molar-refractivity contribution is 7.12. The second-order valence-corrected chi connectivity index (χ2v) is 4.91. The largest absolute Gasteiger partial charge is 0.317 e. The average molecular weight is 199 g/mol. The molecule has 0 fully saturated rings. The number of rotatable bonds is 1. The monoisotopic (exact) mass is 199 g/mol. The smallest absolute Gasteiger partial charge is 0.140 e. The van der Waals surface area contributed by atoms with Gasteiger partial charge < -0.3 is 5.32 Å². The van der Waals surface area contributed by atoms with Gasteiger partial charge in [-0.2, -0.15) is 0 Å². The van der Waals surface area contributed by atoms with Crippen molar-refractivity contribution in [2.24, 2.45) is 0 Å². The molecule has 0 aliphatic heterocycles. The van der Waals surface area contributed by atoms with Gasteiger partial charge in [-0.15, -0.1) is 11.3 Å². The number of fused-ring (bicyclic) bond motifs is 1. The molecule has 0 bridgehead atoms. The number of hydrogen-bond acceptors (Lipinski definition) is 2. The summed E-state index contributed by atoms with van der Waals surface area (Å²) in [5.41, 5.74) is 0.966. The minimum atomic E-state index is 0.0416. The highest BCUT2D eigenvalue weighted by Crippen LogP contribution is 2.32. The van der Waals surface area contributed by atoms with Gasteiger partial charge in [0.15, 0.2) is 0 Å². The van der Waals surface area contributed by atoms with E-state index in [0.29, 0.717) is 6.04 Å². The van der Waals surface area contributed by atoms with E-state index in [1.54, 1.807) is 11.3 Å². The fourth-order valence-corrected chi connectivity index (χ4v) is 3.03. The van der Waals surface area contributed by atoms with Gasteiger partial charge in [0, 0.05) is 21.4 Å². The fraction of sp³-hybridized carbons (Fsp3) is 0.600. The van der Waals surface area contributed by atoms with Gasteiger partial charge in [0.2, 0.25) is 0 Å². The van der Waals surface area contributed by atoms with Crippen LogP contribution in [0.3, 0.4) is 0 Å². The highest BCUT2D eigenvalue weighted by Gasteiger charge is 2.23. The van der Waals surface area contributed by atoms with Crippen molar-refractivity contribution in [3.05, 3.63) is 21.1 Å². The van der Waals surface area contributed by atoms with Crippen LogP contribution in [0.4, 0.5) is 4.39 Å². The van der Waals surface area contributed by atoms with Crippen LogP contribution >= 0.6 is 11.3 Å². The van der Waals surface area contributed by atoms with Crippen LogP contribution in [-0.4, -0.2) is 13.1 Å². The molecule has 0 saturated carbocycles. The van der Waals surface area contributed by atoms with E-state index in [4.69, 9.17) is 0 Å². The summed E-state index contributed by atoms with van der Waals surface area (Å²) in [5.74, 6) is 0.0416. The van der Waals surface area contributed by atoms with Crippen LogP contribution < -0.4 is 5.32 Å². The van der Waals surface area contributed by atoms with Gasteiger partial charge in [-0.3, -0.25) is 0 Å². The van der Waals surface area contributed by atoms with Crippen LogP contribution in [0.25, 0.3) is 0 Å². The summed E-state index contributed by atoms with van der Waals surface area (Å²) in [6.07, 6.45) is 3.04. The molecule has 0 amide bonds. The molecule has 1 aromatic rings. The molecule has 72 valence electrons. The quantitative estimate of drug-likeness (QED) is 0.731. The fourth-order valence-electron chi connectivity index (χ4n) is 1.93. The first-order valence-electron chi connectivity index (χ1n) is 4.66. The van der Waals surface area contributed by atoms with Gasteiger partial charge >= 0.3 is 0 Å². The second kappa shape index (κ2) is 3.39. The molecule has 0 radical (unpaired) electrons. The van der Waals surface area contributed by atoms with Crippen molar-refractivity contribution in [1.29, 1.82) is 0 Å². The molecule has 1 atom stereocenters. The molecule has 13 heavy (non-hydrogen) atoms. The van der Waals surface area contributed by atoms with Crippen LogP contribution in [0.2, 0.25) is 0 Å². The van der Waals surface area contributed by atoms with Gasteiger partial charge in [-0.05, 0) is 33.2 Å². The lowest BCUT2D eigenvalue weighted by Crippen LogP contribution is -2.31. The Kier molecular flexibility index (Phi) is 2.39. The van der Waals surface area contributed by atoms with E-state index in [1.807, 2.05) is 14.0 Å². The van der Waals surface area contributed by atoms with Crippen molar-refractivity contribution in [2.75, 3.05) is 7.05 Å². The standard InChI is InChI=1S/C10H14FNS/c1-6-10(11)8-5-7(12-2)3-4-9(8)13-6/h7,12H,3-5H2,1-2H3. The van der Waals surface area contributed by atoms with Crippen molar-refractivity contribution < 1.29 is 4.39 Å². The van der Waals surface area contributed by atoms with E-state index in [0.717, 1.165) is 29.7 Å². The number of aryl methyl sites for hydroxylation is 2. The van der Waals surface area contributed by atoms with Gasteiger partial charge in [0.05, 0.1) is 0 Å². The van der Waals surface area contributed by atoms with E-state index in [-0.39, 0.29) is 5.82 Å². The van der Waals surface area contributed by atoms with Crippen molar-refractivity contribution in [3.8, 4) is 0 Å². The van der Waals surface area contributed by atoms with Gasteiger partial charge in [0.1, 0.15) is 5.82 Å². The zero-order chi connectivity index (χ0) is 9.42. The number of nitrogens with one attached hydrogen (secondary N) is 1. The van der Waals surface area contributed by atoms with Gasteiger partial charge in [0.25, 0.3) is 0 Å². The normalized spacial score (nSPS) is 21.6. The first-order chi connectivity index (χ1) is 6.22. The SMILES string of the molecule is CNC1CCc2sc(C)c(F)c2C1. The van der Waals surface area contributed by atoms with Crippen LogP contribution in [0.15, 0.2) is 0 Å². The number of thiophene rings is 1. The summed E-state index contributed by atoms with van der Waals surface area (Å²) in [6, 6.07) is 0.469. The molecule has 0 saturated heterocycles. The molecule has 0 aromatic carbocycles. The predicted molar refractivity (Wildman–Crippen MR) is 53.9 cm³/mol. The average Bonchev–Trinajstić information content (AvgIpc) is 2.43. The Balaban J connectivity index is 2.32. The van der Waals surface area contributed by atoms with E-state index < -0.39 is 0 Å². The Morgan fingerprint density at radius 3 is 3.00 bits per heavy atom. The summed E-state index contributed by atoms with van der Waals surface area (Å²) >= 11 is 1.63. The summed E-state index contributed by atoms with van der Waals surface area (Å²) in [5, 5.41) is 3.22. The third-order valence-electron chi connectivity index (χ3n) is 2.77. The Labute approximate surface area is 82.0 Å². The lowest BCUT2D eigenvalue weighted by molar-refractivity contribution is 0.483. The van der Waals surface area contributed by atoms with Crippen LogP contribution in [0.5, 0.6) is 0 Å². The zero-order valence-electron chi connectivity index (χ0n) is 7.98. The summed E-state index contributed by atoms with van der Waals surface area (Å²) in [4.78, 5) is 2.11. The van der Waals surface area contributed by atoms with Gasteiger partial charge in [-0.25, -0.2) is 4.39 Å². The first-order valence-corrected chi connectivity index (χ1v) is 5.48. The van der Waals surface area contributed by atoms with Crippen LogP contribution in [-0.2, 0) is 12.8 Å². The Bertz CT molecular complexity index is 319. The molecule has 0 spiro atoms. The lowest BCUT2D eigenvalue weighted by Gasteiger charge is -2.21. The first kappa shape index (κ1) is 9.16. The second-order valence-electron chi connectivity index (χ2n) is 3.60. The summed E-state index contributed by atoms with van der Waals surface area (Å²) in [6.45, 7) is 1.87. The molecule has 2 rings (SSSR count). The maximum Gasteiger partial charge on any atom is 0.140 e. The predicted octanol–water partition coefficient (Wildman–Crippen LogP) is 2.27. The Morgan fingerprint density at radius 2 is 2.31 bits per heavy atom. The lowest BCUT2D eigenvalue weighted by atomic mass is 9.94. The zero-order valence-corrected chi connectivity index (χ0v) is 8.80. The molecule has 1 aliphatic carbocycles. The van der Waals surface area contributed by atoms with Crippen LogP contribution in [0.1, 0.15) is 21.7 Å². The topological polar surface area (TPSA) is 12.0 Å². The third kappa shape index (κ3) is 1.51. The molecule has 1 heterocycles. The van der Waals surface area contributed by atoms with E-state index in [2.05, 4.69) is 5.32 Å². The molecular formula is C10H14FNS. The van der Waals surface area contributed by atoms with Gasteiger partial charge in [-0.1, -0.05) is 0 Å². The minimum Gasteiger partial charge on any atom is -0.317 e. The maximum absolute atomic E-state index is 13.5. The van der Waals surface area contributed by atoms with E-state index in [9.17, 15) is 4.39 Å². The molecule has 1 N–H and O–H groups in total. The third-order valence-corrected chi connectivity index (χ3v) is 3.95. The molecule has 1 aromatic heterocycles. The molecule has 1 unspecified atom stereocenters. The maximum atomic E-state index is 13.5.